The zero-order valence-corrected chi connectivity index (χ0v) is 17.5. The average Bonchev–Trinajstić information content (AvgIpc) is 3.10. The first-order valence-corrected chi connectivity index (χ1v) is 10.1. The minimum atomic E-state index is -0.178. The number of carbonyl (C=O) groups is 2. The fourth-order valence-electron chi connectivity index (χ4n) is 2.84. The minimum absolute atomic E-state index is 0.112. The maximum Gasteiger partial charge on any atom is 0.238 e. The molecule has 0 aliphatic carbocycles. The lowest BCUT2D eigenvalue weighted by molar-refractivity contribution is -0.119. The van der Waals surface area contributed by atoms with Gasteiger partial charge in [-0.2, -0.15) is 0 Å². The number of hydrogen-bond acceptors (Lipinski definition) is 5. The van der Waals surface area contributed by atoms with Crippen LogP contribution in [0.5, 0.6) is 0 Å². The maximum atomic E-state index is 12.4. The second-order valence-electron chi connectivity index (χ2n) is 6.97. The topological polar surface area (TPSA) is 74.3 Å². The molecule has 0 saturated heterocycles. The smallest absolute Gasteiger partial charge is 0.238 e. The molecule has 3 aromatic rings. The molecular formula is C22H24N4O2S. The molecule has 1 heterocycles. The van der Waals surface area contributed by atoms with E-state index in [1.807, 2.05) is 67.8 Å². The Morgan fingerprint density at radius 1 is 0.966 bits per heavy atom. The molecule has 0 aliphatic heterocycles. The summed E-state index contributed by atoms with van der Waals surface area (Å²) in [6, 6.07) is 15.2. The highest BCUT2D eigenvalue weighted by molar-refractivity contribution is 7.09. The van der Waals surface area contributed by atoms with Gasteiger partial charge in [-0.05, 0) is 45.2 Å². The Morgan fingerprint density at radius 2 is 1.62 bits per heavy atom. The van der Waals surface area contributed by atoms with Crippen LogP contribution in [0, 0.1) is 13.8 Å². The van der Waals surface area contributed by atoms with Crippen molar-refractivity contribution >= 4 is 34.5 Å². The Balaban J connectivity index is 1.51. The summed E-state index contributed by atoms with van der Waals surface area (Å²) in [5.41, 5.74) is 4.43. The van der Waals surface area contributed by atoms with Crippen LogP contribution in [0.4, 0.5) is 11.4 Å². The molecule has 0 radical (unpaired) electrons. The van der Waals surface area contributed by atoms with Crippen LogP contribution >= 0.6 is 11.3 Å². The first kappa shape index (κ1) is 20.7. The second kappa shape index (κ2) is 9.45. The van der Waals surface area contributed by atoms with Gasteiger partial charge in [0.25, 0.3) is 0 Å². The van der Waals surface area contributed by atoms with Crippen LogP contribution in [-0.2, 0) is 9.59 Å². The fraction of sp³-hybridized carbons (Fsp3) is 0.227. The fourth-order valence-corrected chi connectivity index (χ4v) is 3.46. The number of amides is 2. The van der Waals surface area contributed by atoms with Crippen molar-refractivity contribution in [3.63, 3.8) is 0 Å². The highest BCUT2D eigenvalue weighted by Crippen LogP contribution is 2.24. The van der Waals surface area contributed by atoms with Gasteiger partial charge in [0.1, 0.15) is 0 Å². The van der Waals surface area contributed by atoms with Crippen molar-refractivity contribution in [2.45, 2.75) is 13.8 Å². The molecule has 0 bridgehead atoms. The van der Waals surface area contributed by atoms with Gasteiger partial charge < -0.3 is 10.6 Å². The van der Waals surface area contributed by atoms with Crippen molar-refractivity contribution in [2.75, 3.05) is 30.8 Å². The molecule has 0 atom stereocenters. The molecule has 7 heteroatoms. The number of hydrogen-bond donors (Lipinski definition) is 2. The monoisotopic (exact) mass is 408 g/mol. The van der Waals surface area contributed by atoms with Crippen LogP contribution in [-0.4, -0.2) is 41.8 Å². The number of anilines is 2. The van der Waals surface area contributed by atoms with Gasteiger partial charge in [-0.3, -0.25) is 14.5 Å². The molecule has 150 valence electrons. The van der Waals surface area contributed by atoms with Gasteiger partial charge in [0.15, 0.2) is 0 Å². The molecule has 3 rings (SSSR count). The molecule has 0 aliphatic rings. The molecule has 6 nitrogen and oxygen atoms in total. The van der Waals surface area contributed by atoms with Crippen LogP contribution in [0.2, 0.25) is 0 Å². The van der Waals surface area contributed by atoms with Crippen molar-refractivity contribution in [1.82, 2.24) is 9.88 Å². The summed E-state index contributed by atoms with van der Waals surface area (Å²) in [5, 5.41) is 8.71. The van der Waals surface area contributed by atoms with Crippen molar-refractivity contribution in [2.24, 2.45) is 0 Å². The molecule has 2 amide bonds. The van der Waals surface area contributed by atoms with E-state index < -0.39 is 0 Å². The van der Waals surface area contributed by atoms with Crippen molar-refractivity contribution < 1.29 is 9.59 Å². The van der Waals surface area contributed by atoms with E-state index in [1.165, 1.54) is 0 Å². The standard InChI is InChI=1S/C22H24N4O2S/c1-15-7-9-18(10-8-15)24-21(27)12-26(3)13-22(28)25-19-6-4-5-17(11-19)20-14-29-16(2)23-20/h4-11,14H,12-13H2,1-3H3,(H,24,27)(H,25,28). The van der Waals surface area contributed by atoms with Gasteiger partial charge in [-0.25, -0.2) is 4.98 Å². The first-order chi connectivity index (χ1) is 13.9. The third-order valence-electron chi connectivity index (χ3n) is 4.22. The summed E-state index contributed by atoms with van der Waals surface area (Å²) in [6.07, 6.45) is 0. The Kier molecular flexibility index (Phi) is 6.74. The summed E-state index contributed by atoms with van der Waals surface area (Å²) >= 11 is 1.59. The van der Waals surface area contributed by atoms with Gasteiger partial charge in [-0.1, -0.05) is 29.8 Å². The molecule has 0 spiro atoms. The molecule has 2 aromatic carbocycles. The summed E-state index contributed by atoms with van der Waals surface area (Å²) in [6.45, 7) is 4.19. The van der Waals surface area contributed by atoms with Crippen molar-refractivity contribution in [1.29, 1.82) is 0 Å². The van der Waals surface area contributed by atoms with Gasteiger partial charge in [0.2, 0.25) is 11.8 Å². The minimum Gasteiger partial charge on any atom is -0.325 e. The van der Waals surface area contributed by atoms with Crippen LogP contribution in [0.3, 0.4) is 0 Å². The molecular weight excluding hydrogens is 384 g/mol. The molecule has 1 aromatic heterocycles. The van der Waals surface area contributed by atoms with Gasteiger partial charge in [0, 0.05) is 22.3 Å². The number of nitrogens with one attached hydrogen (secondary N) is 2. The number of aromatic nitrogens is 1. The van der Waals surface area contributed by atoms with Crippen molar-refractivity contribution in [3.8, 4) is 11.3 Å². The molecule has 2 N–H and O–H groups in total. The Bertz CT molecular complexity index is 998. The molecule has 29 heavy (non-hydrogen) atoms. The molecule has 0 fully saturated rings. The predicted octanol–water partition coefficient (Wildman–Crippen LogP) is 3.94. The van der Waals surface area contributed by atoms with Gasteiger partial charge >= 0.3 is 0 Å². The van der Waals surface area contributed by atoms with E-state index >= 15 is 0 Å². The van der Waals surface area contributed by atoms with E-state index in [0.29, 0.717) is 5.69 Å². The van der Waals surface area contributed by atoms with Crippen molar-refractivity contribution in [3.05, 3.63) is 64.5 Å². The van der Waals surface area contributed by atoms with E-state index in [2.05, 4.69) is 15.6 Å². The third-order valence-corrected chi connectivity index (χ3v) is 5.00. The zero-order valence-electron chi connectivity index (χ0n) is 16.7. The number of aryl methyl sites for hydroxylation is 2. The quantitative estimate of drug-likeness (QED) is 0.621. The number of likely N-dealkylation sites (N-methyl/N-ethyl adjacent to an activating group) is 1. The van der Waals surface area contributed by atoms with Crippen LogP contribution in [0.15, 0.2) is 53.9 Å². The van der Waals surface area contributed by atoms with Gasteiger partial charge in [0.05, 0.1) is 23.8 Å². The van der Waals surface area contributed by atoms with E-state index in [0.717, 1.165) is 27.5 Å². The van der Waals surface area contributed by atoms with E-state index in [-0.39, 0.29) is 24.9 Å². The Hall–Kier alpha value is -3.03. The first-order valence-electron chi connectivity index (χ1n) is 9.26. The predicted molar refractivity (Wildman–Crippen MR) is 118 cm³/mol. The number of carbonyl (C=O) groups excluding carboxylic acids is 2. The maximum absolute atomic E-state index is 12.4. The average molecular weight is 409 g/mol. The summed E-state index contributed by atoms with van der Waals surface area (Å²) in [5.74, 6) is -0.340. The molecule has 0 unspecified atom stereocenters. The lowest BCUT2D eigenvalue weighted by Crippen LogP contribution is -2.36. The number of rotatable bonds is 7. The lowest BCUT2D eigenvalue weighted by Gasteiger charge is -2.16. The van der Waals surface area contributed by atoms with Crippen LogP contribution in [0.25, 0.3) is 11.3 Å². The normalized spacial score (nSPS) is 10.8. The van der Waals surface area contributed by atoms with E-state index in [4.69, 9.17) is 0 Å². The van der Waals surface area contributed by atoms with E-state index in [1.54, 1.807) is 23.3 Å². The summed E-state index contributed by atoms with van der Waals surface area (Å²) in [7, 11) is 1.74. The van der Waals surface area contributed by atoms with Crippen LogP contribution in [0.1, 0.15) is 10.6 Å². The third kappa shape index (κ3) is 6.23. The number of thiazole rings is 1. The number of benzene rings is 2. The highest BCUT2D eigenvalue weighted by atomic mass is 32.1. The highest BCUT2D eigenvalue weighted by Gasteiger charge is 2.12. The van der Waals surface area contributed by atoms with Crippen LogP contribution < -0.4 is 10.6 Å². The summed E-state index contributed by atoms with van der Waals surface area (Å²) < 4.78 is 0. The Labute approximate surface area is 174 Å². The second-order valence-corrected chi connectivity index (χ2v) is 8.03. The summed E-state index contributed by atoms with van der Waals surface area (Å²) in [4.78, 5) is 30.7. The number of nitrogens with zero attached hydrogens (tertiary/aromatic N) is 2. The molecule has 0 saturated carbocycles. The zero-order chi connectivity index (χ0) is 20.8. The van der Waals surface area contributed by atoms with E-state index in [9.17, 15) is 9.59 Å². The Morgan fingerprint density at radius 3 is 2.24 bits per heavy atom. The van der Waals surface area contributed by atoms with Gasteiger partial charge in [-0.15, -0.1) is 11.3 Å². The SMILES string of the molecule is Cc1ccc(NC(=O)CN(C)CC(=O)Nc2cccc(-c3csc(C)n3)c2)cc1. The lowest BCUT2D eigenvalue weighted by atomic mass is 10.1. The largest absolute Gasteiger partial charge is 0.325 e.